The molecule has 184 valence electrons. The lowest BCUT2D eigenvalue weighted by Crippen LogP contribution is -2.61. The number of carboxylic acid groups (broad SMARTS) is 1. The van der Waals surface area contributed by atoms with E-state index in [0.29, 0.717) is 25.9 Å². The van der Waals surface area contributed by atoms with Crippen LogP contribution in [0.2, 0.25) is 0 Å². The van der Waals surface area contributed by atoms with E-state index >= 15 is 0 Å². The summed E-state index contributed by atoms with van der Waals surface area (Å²) in [7, 11) is 0. The molecule has 2 fully saturated rings. The number of alkyl carbamates (subject to hydrolysis) is 1. The number of hydrogen-bond donors (Lipinski definition) is 3. The third-order valence-electron chi connectivity index (χ3n) is 7.50. The molecule has 3 atom stereocenters. The summed E-state index contributed by atoms with van der Waals surface area (Å²) in [5.41, 5.74) is 3.29. The van der Waals surface area contributed by atoms with Gasteiger partial charge in [0.15, 0.2) is 0 Å². The molecule has 0 radical (unpaired) electrons. The number of carbonyl (C=O) groups excluding carboxylic acids is 2. The zero-order valence-electron chi connectivity index (χ0n) is 19.5. The number of benzene rings is 2. The van der Waals surface area contributed by atoms with Gasteiger partial charge in [-0.3, -0.25) is 9.59 Å². The van der Waals surface area contributed by atoms with Crippen molar-refractivity contribution in [1.82, 2.24) is 10.6 Å². The number of fused-ring (bicyclic) bond motifs is 3. The summed E-state index contributed by atoms with van der Waals surface area (Å²) in [4.78, 5) is 37.5. The van der Waals surface area contributed by atoms with Gasteiger partial charge in [-0.2, -0.15) is 0 Å². The van der Waals surface area contributed by atoms with Gasteiger partial charge in [-0.1, -0.05) is 55.0 Å². The van der Waals surface area contributed by atoms with Crippen LogP contribution in [-0.4, -0.2) is 54.5 Å². The van der Waals surface area contributed by atoms with Crippen LogP contribution < -0.4 is 10.6 Å². The van der Waals surface area contributed by atoms with Crippen molar-refractivity contribution in [2.24, 2.45) is 5.92 Å². The molecule has 2 aliphatic carbocycles. The van der Waals surface area contributed by atoms with Crippen molar-refractivity contribution >= 4 is 18.0 Å². The van der Waals surface area contributed by atoms with E-state index in [9.17, 15) is 19.5 Å². The van der Waals surface area contributed by atoms with Crippen LogP contribution in [0.3, 0.4) is 0 Å². The molecule has 0 aromatic heterocycles. The van der Waals surface area contributed by atoms with Gasteiger partial charge in [0.05, 0.1) is 12.5 Å². The van der Waals surface area contributed by atoms with Crippen molar-refractivity contribution in [1.29, 1.82) is 0 Å². The minimum absolute atomic E-state index is 0.0537. The number of aliphatic carboxylic acids is 1. The van der Waals surface area contributed by atoms with Gasteiger partial charge in [-0.25, -0.2) is 4.79 Å². The maximum absolute atomic E-state index is 13.2. The van der Waals surface area contributed by atoms with Crippen molar-refractivity contribution in [2.45, 2.75) is 49.6 Å². The number of rotatable bonds is 6. The number of amides is 2. The Balaban J connectivity index is 1.24. The van der Waals surface area contributed by atoms with Crippen LogP contribution in [0.25, 0.3) is 11.1 Å². The number of nitrogens with one attached hydrogen (secondary N) is 2. The normalized spacial score (nSPS) is 25.4. The van der Waals surface area contributed by atoms with E-state index in [4.69, 9.17) is 9.47 Å². The third kappa shape index (κ3) is 4.62. The number of ether oxygens (including phenoxy) is 2. The minimum atomic E-state index is -1.22. The first-order valence-electron chi connectivity index (χ1n) is 12.2. The highest BCUT2D eigenvalue weighted by Gasteiger charge is 2.45. The summed E-state index contributed by atoms with van der Waals surface area (Å²) in [5.74, 6) is -1.72. The van der Waals surface area contributed by atoms with Gasteiger partial charge in [0.2, 0.25) is 5.91 Å². The molecule has 2 amide bonds. The van der Waals surface area contributed by atoms with E-state index in [1.165, 1.54) is 0 Å². The van der Waals surface area contributed by atoms with Gasteiger partial charge in [0.1, 0.15) is 12.1 Å². The van der Waals surface area contributed by atoms with Gasteiger partial charge in [-0.05, 0) is 41.5 Å². The molecular formula is C27H30N2O6. The van der Waals surface area contributed by atoms with E-state index < -0.39 is 23.5 Å². The molecular weight excluding hydrogens is 448 g/mol. The van der Waals surface area contributed by atoms with E-state index in [1.54, 1.807) is 0 Å². The molecule has 0 bridgehead atoms. The van der Waals surface area contributed by atoms with E-state index in [-0.39, 0.29) is 31.1 Å². The molecule has 3 unspecified atom stereocenters. The molecule has 1 saturated carbocycles. The van der Waals surface area contributed by atoms with Crippen LogP contribution >= 0.6 is 0 Å². The highest BCUT2D eigenvalue weighted by atomic mass is 16.6. The van der Waals surface area contributed by atoms with Crippen LogP contribution in [0.4, 0.5) is 4.79 Å². The average Bonchev–Trinajstić information content (AvgIpc) is 3.46. The summed E-state index contributed by atoms with van der Waals surface area (Å²) in [6.07, 6.45) is 2.14. The molecule has 0 spiro atoms. The topological polar surface area (TPSA) is 114 Å². The summed E-state index contributed by atoms with van der Waals surface area (Å²) in [6, 6.07) is 16.0. The molecule has 2 aromatic rings. The summed E-state index contributed by atoms with van der Waals surface area (Å²) in [6.45, 7) is 0.554. The highest BCUT2D eigenvalue weighted by Crippen LogP contribution is 2.44. The lowest BCUT2D eigenvalue weighted by atomic mass is 9.85. The smallest absolute Gasteiger partial charge is 0.408 e. The Hall–Kier alpha value is -3.39. The zero-order chi connectivity index (χ0) is 24.4. The fourth-order valence-electron chi connectivity index (χ4n) is 5.60. The number of carboxylic acids is 1. The van der Waals surface area contributed by atoms with Crippen molar-refractivity contribution < 1.29 is 29.0 Å². The molecule has 1 aliphatic heterocycles. The van der Waals surface area contributed by atoms with Crippen molar-refractivity contribution in [3.05, 3.63) is 59.7 Å². The van der Waals surface area contributed by atoms with Gasteiger partial charge < -0.3 is 25.2 Å². The summed E-state index contributed by atoms with van der Waals surface area (Å²) < 4.78 is 11.1. The fourth-order valence-corrected chi connectivity index (χ4v) is 5.60. The Morgan fingerprint density at radius 2 is 1.71 bits per heavy atom. The molecule has 3 aliphatic rings. The lowest BCUT2D eigenvalue weighted by Gasteiger charge is -2.32. The maximum Gasteiger partial charge on any atom is 0.408 e. The second kappa shape index (κ2) is 9.70. The molecule has 3 N–H and O–H groups in total. The second-order valence-electron chi connectivity index (χ2n) is 9.71. The number of carbonyl (C=O) groups is 3. The predicted molar refractivity (Wildman–Crippen MR) is 128 cm³/mol. The summed E-state index contributed by atoms with van der Waals surface area (Å²) >= 11 is 0. The minimum Gasteiger partial charge on any atom is -0.481 e. The molecule has 5 rings (SSSR count). The first-order valence-corrected chi connectivity index (χ1v) is 12.2. The molecule has 35 heavy (non-hydrogen) atoms. The predicted octanol–water partition coefficient (Wildman–Crippen LogP) is 3.44. The van der Waals surface area contributed by atoms with Crippen molar-refractivity contribution in [3.8, 4) is 11.1 Å². The third-order valence-corrected chi connectivity index (χ3v) is 7.50. The molecule has 8 nitrogen and oxygen atoms in total. The Labute approximate surface area is 204 Å². The SMILES string of the molecule is O=C(NC1(C(=O)NC2CCCC(C(=O)O)C2)CCOC1)OCC1c2ccccc2-c2ccccc21. The Bertz CT molecular complexity index is 1080. The molecule has 1 saturated heterocycles. The van der Waals surface area contributed by atoms with E-state index in [1.807, 2.05) is 24.3 Å². The molecule has 2 aromatic carbocycles. The van der Waals surface area contributed by atoms with E-state index in [0.717, 1.165) is 35.1 Å². The van der Waals surface area contributed by atoms with Crippen molar-refractivity contribution in [2.75, 3.05) is 19.8 Å². The Morgan fingerprint density at radius 1 is 1.03 bits per heavy atom. The van der Waals surface area contributed by atoms with E-state index in [2.05, 4.69) is 34.9 Å². The van der Waals surface area contributed by atoms with Gasteiger partial charge in [0.25, 0.3) is 0 Å². The molecule has 8 heteroatoms. The van der Waals surface area contributed by atoms with Gasteiger partial charge in [0, 0.05) is 25.0 Å². The van der Waals surface area contributed by atoms with Crippen molar-refractivity contribution in [3.63, 3.8) is 0 Å². The van der Waals surface area contributed by atoms with Crippen LogP contribution in [0.5, 0.6) is 0 Å². The van der Waals surface area contributed by atoms with Crippen LogP contribution in [0, 0.1) is 5.92 Å². The van der Waals surface area contributed by atoms with Crippen LogP contribution in [0.1, 0.15) is 49.1 Å². The largest absolute Gasteiger partial charge is 0.481 e. The number of hydrogen-bond acceptors (Lipinski definition) is 5. The average molecular weight is 479 g/mol. The van der Waals surface area contributed by atoms with Gasteiger partial charge in [-0.15, -0.1) is 0 Å². The summed E-state index contributed by atoms with van der Waals surface area (Å²) in [5, 5.41) is 15.1. The highest BCUT2D eigenvalue weighted by molar-refractivity contribution is 5.91. The standard InChI is InChI=1S/C27H30N2O6/c30-24(31)17-6-5-7-18(14-17)28-25(32)27(12-13-34-16-27)29-26(33)35-15-23-21-10-3-1-8-19(21)20-9-2-4-11-22(20)23/h1-4,8-11,17-18,23H,5-7,12-16H2,(H,28,32)(H,29,33)(H,30,31). The lowest BCUT2D eigenvalue weighted by molar-refractivity contribution is -0.143. The van der Waals surface area contributed by atoms with Gasteiger partial charge >= 0.3 is 12.1 Å². The first kappa shape index (κ1) is 23.4. The molecule has 1 heterocycles. The fraction of sp³-hybridized carbons (Fsp3) is 0.444. The Morgan fingerprint density at radius 3 is 2.34 bits per heavy atom. The zero-order valence-corrected chi connectivity index (χ0v) is 19.5. The van der Waals surface area contributed by atoms with Crippen LogP contribution in [-0.2, 0) is 19.1 Å². The monoisotopic (exact) mass is 478 g/mol. The quantitative estimate of drug-likeness (QED) is 0.586. The maximum atomic E-state index is 13.2. The first-order chi connectivity index (χ1) is 17.0. The Kier molecular flexibility index (Phi) is 6.47. The van der Waals surface area contributed by atoms with Crippen LogP contribution in [0.15, 0.2) is 48.5 Å². The second-order valence-corrected chi connectivity index (χ2v) is 9.71.